The van der Waals surface area contributed by atoms with Gasteiger partial charge in [0.2, 0.25) is 5.91 Å². The summed E-state index contributed by atoms with van der Waals surface area (Å²) in [7, 11) is 2.09. The van der Waals surface area contributed by atoms with Crippen LogP contribution >= 0.6 is 15.9 Å². The first-order valence-corrected chi connectivity index (χ1v) is 7.81. The predicted octanol–water partition coefficient (Wildman–Crippen LogP) is 1.87. The van der Waals surface area contributed by atoms with Gasteiger partial charge in [-0.25, -0.2) is 0 Å². The van der Waals surface area contributed by atoms with Crippen LogP contribution in [0.2, 0.25) is 0 Å². The van der Waals surface area contributed by atoms with E-state index >= 15 is 0 Å². The predicted molar refractivity (Wildman–Crippen MR) is 84.6 cm³/mol. The molecule has 1 saturated heterocycles. The van der Waals surface area contributed by atoms with Gasteiger partial charge < -0.3 is 15.1 Å². The Kier molecular flexibility index (Phi) is 5.57. The highest BCUT2D eigenvalue weighted by atomic mass is 79.9. The zero-order valence-electron chi connectivity index (χ0n) is 12.1. The smallest absolute Gasteiger partial charge is 0.236 e. The molecule has 110 valence electrons. The van der Waals surface area contributed by atoms with E-state index in [0.29, 0.717) is 6.54 Å². The van der Waals surface area contributed by atoms with E-state index in [1.165, 1.54) is 5.56 Å². The van der Waals surface area contributed by atoms with Crippen molar-refractivity contribution < 1.29 is 4.79 Å². The number of piperazine rings is 1. The fourth-order valence-corrected chi connectivity index (χ4v) is 2.72. The van der Waals surface area contributed by atoms with Gasteiger partial charge in [-0.3, -0.25) is 4.79 Å². The molecular formula is C15H22BrN3O. The molecule has 0 unspecified atom stereocenters. The molecule has 1 heterocycles. The second kappa shape index (κ2) is 7.20. The lowest BCUT2D eigenvalue weighted by Gasteiger charge is -2.32. The van der Waals surface area contributed by atoms with Crippen LogP contribution in [-0.2, 0) is 4.79 Å². The van der Waals surface area contributed by atoms with Crippen LogP contribution in [0.15, 0.2) is 28.7 Å². The number of hydrogen-bond donors (Lipinski definition) is 1. The fraction of sp³-hybridized carbons (Fsp3) is 0.533. The summed E-state index contributed by atoms with van der Waals surface area (Å²) >= 11 is 3.47. The zero-order valence-corrected chi connectivity index (χ0v) is 13.7. The lowest BCUT2D eigenvalue weighted by Crippen LogP contribution is -2.49. The molecule has 0 radical (unpaired) electrons. The molecule has 0 aliphatic carbocycles. The Balaban J connectivity index is 1.81. The van der Waals surface area contributed by atoms with Gasteiger partial charge in [-0.05, 0) is 31.7 Å². The van der Waals surface area contributed by atoms with Gasteiger partial charge in [0.15, 0.2) is 0 Å². The third-order valence-electron chi connectivity index (χ3n) is 3.76. The minimum Gasteiger partial charge on any atom is -0.339 e. The van der Waals surface area contributed by atoms with E-state index in [1.54, 1.807) is 0 Å². The molecule has 1 aromatic carbocycles. The molecule has 0 saturated carbocycles. The fourth-order valence-electron chi connectivity index (χ4n) is 2.30. The molecule has 1 atom stereocenters. The normalized spacial score (nSPS) is 18.1. The van der Waals surface area contributed by atoms with Gasteiger partial charge in [0.25, 0.3) is 0 Å². The van der Waals surface area contributed by atoms with Crippen LogP contribution in [0, 0.1) is 0 Å². The monoisotopic (exact) mass is 339 g/mol. The Morgan fingerprint density at radius 3 is 2.70 bits per heavy atom. The average molecular weight is 340 g/mol. The van der Waals surface area contributed by atoms with Crippen LogP contribution in [0.1, 0.15) is 18.5 Å². The summed E-state index contributed by atoms with van der Waals surface area (Å²) in [4.78, 5) is 16.3. The number of carbonyl (C=O) groups excluding carboxylic acids is 1. The number of benzene rings is 1. The highest BCUT2D eigenvalue weighted by Crippen LogP contribution is 2.17. The number of rotatable bonds is 4. The second-order valence-electron chi connectivity index (χ2n) is 5.34. The van der Waals surface area contributed by atoms with Crippen LogP contribution in [0.25, 0.3) is 0 Å². The molecule has 2 rings (SSSR count). The number of halogens is 1. The van der Waals surface area contributed by atoms with Gasteiger partial charge in [0, 0.05) is 36.7 Å². The lowest BCUT2D eigenvalue weighted by molar-refractivity contribution is -0.131. The first-order valence-electron chi connectivity index (χ1n) is 7.01. The Hall–Kier alpha value is -0.910. The van der Waals surface area contributed by atoms with Gasteiger partial charge in [-0.15, -0.1) is 0 Å². The number of carbonyl (C=O) groups is 1. The first-order chi connectivity index (χ1) is 9.56. The average Bonchev–Trinajstić information content (AvgIpc) is 2.45. The molecule has 5 heteroatoms. The minimum atomic E-state index is 0.170. The second-order valence-corrected chi connectivity index (χ2v) is 6.26. The third-order valence-corrected chi connectivity index (χ3v) is 4.26. The standard InChI is InChI=1S/C15H22BrN3O/c1-12(13-4-3-5-14(16)10-13)17-11-15(20)19-8-6-18(2)7-9-19/h3-5,10,12,17H,6-9,11H2,1-2H3/t12-/m1/s1. The Labute approximate surface area is 129 Å². The molecular weight excluding hydrogens is 318 g/mol. The van der Waals surface area contributed by atoms with Gasteiger partial charge in [0.1, 0.15) is 0 Å². The summed E-state index contributed by atoms with van der Waals surface area (Å²) in [6.07, 6.45) is 0. The summed E-state index contributed by atoms with van der Waals surface area (Å²) in [6, 6.07) is 8.34. The van der Waals surface area contributed by atoms with Crippen molar-refractivity contribution in [2.45, 2.75) is 13.0 Å². The van der Waals surface area contributed by atoms with Crippen LogP contribution in [0.5, 0.6) is 0 Å². The minimum absolute atomic E-state index is 0.170. The van der Waals surface area contributed by atoms with E-state index in [9.17, 15) is 4.79 Å². The molecule has 20 heavy (non-hydrogen) atoms. The summed E-state index contributed by atoms with van der Waals surface area (Å²) in [6.45, 7) is 6.08. The van der Waals surface area contributed by atoms with Crippen molar-refractivity contribution in [1.82, 2.24) is 15.1 Å². The summed E-state index contributed by atoms with van der Waals surface area (Å²) in [5.41, 5.74) is 1.19. The van der Waals surface area contributed by atoms with E-state index in [-0.39, 0.29) is 11.9 Å². The molecule has 1 amide bonds. The maximum absolute atomic E-state index is 12.1. The highest BCUT2D eigenvalue weighted by Gasteiger charge is 2.19. The number of nitrogens with one attached hydrogen (secondary N) is 1. The molecule has 0 spiro atoms. The Morgan fingerprint density at radius 1 is 1.35 bits per heavy atom. The van der Waals surface area contributed by atoms with Crippen LogP contribution in [0.4, 0.5) is 0 Å². The van der Waals surface area contributed by atoms with E-state index in [0.717, 1.165) is 30.7 Å². The van der Waals surface area contributed by atoms with Crippen molar-refractivity contribution in [3.63, 3.8) is 0 Å². The Morgan fingerprint density at radius 2 is 2.05 bits per heavy atom. The van der Waals surface area contributed by atoms with Gasteiger partial charge >= 0.3 is 0 Å². The maximum Gasteiger partial charge on any atom is 0.236 e. The molecule has 0 aromatic heterocycles. The van der Waals surface area contributed by atoms with Crippen molar-refractivity contribution in [2.24, 2.45) is 0 Å². The quantitative estimate of drug-likeness (QED) is 0.909. The SMILES string of the molecule is C[C@@H](NCC(=O)N1CCN(C)CC1)c1cccc(Br)c1. The van der Waals surface area contributed by atoms with E-state index in [4.69, 9.17) is 0 Å². The Bertz CT molecular complexity index is 458. The van der Waals surface area contributed by atoms with Crippen LogP contribution < -0.4 is 5.32 Å². The number of likely N-dealkylation sites (N-methyl/N-ethyl adjacent to an activating group) is 1. The van der Waals surface area contributed by atoms with Crippen molar-refractivity contribution in [3.05, 3.63) is 34.3 Å². The number of nitrogens with zero attached hydrogens (tertiary/aromatic N) is 2. The molecule has 1 aliphatic rings. The van der Waals surface area contributed by atoms with E-state index in [1.807, 2.05) is 17.0 Å². The van der Waals surface area contributed by atoms with E-state index < -0.39 is 0 Å². The van der Waals surface area contributed by atoms with Crippen LogP contribution in [0.3, 0.4) is 0 Å². The summed E-state index contributed by atoms with van der Waals surface area (Å²) in [5, 5.41) is 3.31. The third kappa shape index (κ3) is 4.30. The summed E-state index contributed by atoms with van der Waals surface area (Å²) in [5.74, 6) is 0.194. The zero-order chi connectivity index (χ0) is 14.5. The van der Waals surface area contributed by atoms with Gasteiger partial charge in [-0.1, -0.05) is 28.1 Å². The number of hydrogen-bond acceptors (Lipinski definition) is 3. The molecule has 0 bridgehead atoms. The molecule has 1 aromatic rings. The summed E-state index contributed by atoms with van der Waals surface area (Å²) < 4.78 is 1.06. The van der Waals surface area contributed by atoms with Crippen molar-refractivity contribution >= 4 is 21.8 Å². The molecule has 1 aliphatic heterocycles. The van der Waals surface area contributed by atoms with Crippen LogP contribution in [-0.4, -0.2) is 55.5 Å². The van der Waals surface area contributed by atoms with Crippen molar-refractivity contribution in [3.8, 4) is 0 Å². The lowest BCUT2D eigenvalue weighted by atomic mass is 10.1. The maximum atomic E-state index is 12.1. The molecule has 1 N–H and O–H groups in total. The first kappa shape index (κ1) is 15.5. The topological polar surface area (TPSA) is 35.6 Å². The van der Waals surface area contributed by atoms with Gasteiger partial charge in [-0.2, -0.15) is 0 Å². The number of amides is 1. The van der Waals surface area contributed by atoms with Crippen molar-refractivity contribution in [1.29, 1.82) is 0 Å². The van der Waals surface area contributed by atoms with E-state index in [2.05, 4.69) is 52.3 Å². The molecule has 4 nitrogen and oxygen atoms in total. The van der Waals surface area contributed by atoms with Crippen molar-refractivity contribution in [2.75, 3.05) is 39.8 Å². The molecule has 1 fully saturated rings. The van der Waals surface area contributed by atoms with Gasteiger partial charge in [0.05, 0.1) is 6.54 Å². The highest BCUT2D eigenvalue weighted by molar-refractivity contribution is 9.10. The largest absolute Gasteiger partial charge is 0.339 e.